The lowest BCUT2D eigenvalue weighted by atomic mass is 10.1. The monoisotopic (exact) mass is 480 g/mol. The molecule has 0 saturated carbocycles. The van der Waals surface area contributed by atoms with Crippen molar-refractivity contribution >= 4 is 35.0 Å². The van der Waals surface area contributed by atoms with Gasteiger partial charge in [0, 0.05) is 28.7 Å². The maximum absolute atomic E-state index is 13.2. The fraction of sp³-hybridized carbons (Fsp3) is 0.417. The molecular weight excluding hydrogens is 451 g/mol. The van der Waals surface area contributed by atoms with Crippen LogP contribution >= 0.6 is 23.2 Å². The summed E-state index contributed by atoms with van der Waals surface area (Å²) in [6, 6.07) is 11.4. The van der Waals surface area contributed by atoms with Crippen molar-refractivity contribution in [3.63, 3.8) is 0 Å². The van der Waals surface area contributed by atoms with Crippen LogP contribution in [0.2, 0.25) is 10.0 Å². The summed E-state index contributed by atoms with van der Waals surface area (Å²) in [4.78, 5) is 27.6. The number of halogens is 2. The van der Waals surface area contributed by atoms with Crippen LogP contribution < -0.4 is 14.8 Å². The number of methoxy groups -OCH3 is 1. The highest BCUT2D eigenvalue weighted by molar-refractivity contribution is 6.36. The first-order valence-corrected chi connectivity index (χ1v) is 11.4. The number of benzene rings is 2. The molecule has 1 atom stereocenters. The minimum absolute atomic E-state index is 0.100. The molecule has 0 aliphatic carbocycles. The molecule has 1 N–H and O–H groups in total. The molecule has 2 rings (SSSR count). The SMILES string of the molecule is CCCCNC(=O)[C@H](CC)N(Cc1c(Cl)cccc1Cl)C(=O)COc1ccc(OC)cc1. The molecule has 0 radical (unpaired) electrons. The van der Waals surface area contributed by atoms with Gasteiger partial charge in [-0.3, -0.25) is 9.59 Å². The average Bonchev–Trinajstić information content (AvgIpc) is 2.79. The van der Waals surface area contributed by atoms with Crippen molar-refractivity contribution in [1.29, 1.82) is 0 Å². The Hall–Kier alpha value is -2.44. The Kier molecular flexibility index (Phi) is 10.6. The van der Waals surface area contributed by atoms with E-state index in [9.17, 15) is 9.59 Å². The van der Waals surface area contributed by atoms with Crippen molar-refractivity contribution < 1.29 is 19.1 Å². The van der Waals surface area contributed by atoms with Crippen molar-refractivity contribution in [2.45, 2.75) is 45.7 Å². The molecule has 174 valence electrons. The topological polar surface area (TPSA) is 67.9 Å². The van der Waals surface area contributed by atoms with E-state index >= 15 is 0 Å². The third-order valence-electron chi connectivity index (χ3n) is 5.03. The van der Waals surface area contributed by atoms with Crippen molar-refractivity contribution in [3.05, 3.63) is 58.1 Å². The largest absolute Gasteiger partial charge is 0.497 e. The fourth-order valence-electron chi connectivity index (χ4n) is 3.18. The Morgan fingerprint density at radius 3 is 2.22 bits per heavy atom. The minimum Gasteiger partial charge on any atom is -0.497 e. The Balaban J connectivity index is 2.22. The number of ether oxygens (including phenoxy) is 2. The first kappa shape index (κ1) is 25.8. The molecule has 0 spiro atoms. The summed E-state index contributed by atoms with van der Waals surface area (Å²) in [6.07, 6.45) is 2.27. The molecule has 32 heavy (non-hydrogen) atoms. The van der Waals surface area contributed by atoms with Crippen LogP contribution in [0.4, 0.5) is 0 Å². The number of carbonyl (C=O) groups is 2. The lowest BCUT2D eigenvalue weighted by Gasteiger charge is -2.31. The molecular formula is C24H30Cl2N2O4. The quantitative estimate of drug-likeness (QED) is 0.428. The smallest absolute Gasteiger partial charge is 0.261 e. The molecule has 8 heteroatoms. The van der Waals surface area contributed by atoms with E-state index in [1.807, 2.05) is 6.92 Å². The second-order valence-corrected chi connectivity index (χ2v) is 8.07. The van der Waals surface area contributed by atoms with Gasteiger partial charge in [0.2, 0.25) is 5.91 Å². The fourth-order valence-corrected chi connectivity index (χ4v) is 3.70. The van der Waals surface area contributed by atoms with Gasteiger partial charge in [-0.05, 0) is 49.2 Å². The molecule has 2 amide bonds. The molecule has 2 aromatic carbocycles. The number of carbonyl (C=O) groups excluding carboxylic acids is 2. The molecule has 0 heterocycles. The van der Waals surface area contributed by atoms with Crippen LogP contribution in [0.25, 0.3) is 0 Å². The molecule has 0 fully saturated rings. The minimum atomic E-state index is -0.675. The van der Waals surface area contributed by atoms with Gasteiger partial charge in [-0.2, -0.15) is 0 Å². The summed E-state index contributed by atoms with van der Waals surface area (Å²) in [5, 5.41) is 3.79. The van der Waals surface area contributed by atoms with Crippen LogP contribution in [0, 0.1) is 0 Å². The van der Waals surface area contributed by atoms with E-state index in [1.54, 1.807) is 49.6 Å². The van der Waals surface area contributed by atoms with Crippen molar-refractivity contribution in [1.82, 2.24) is 10.2 Å². The summed E-state index contributed by atoms with van der Waals surface area (Å²) >= 11 is 12.7. The van der Waals surface area contributed by atoms with E-state index in [1.165, 1.54) is 4.90 Å². The predicted molar refractivity (Wildman–Crippen MR) is 127 cm³/mol. The van der Waals surface area contributed by atoms with E-state index in [2.05, 4.69) is 12.2 Å². The third-order valence-corrected chi connectivity index (χ3v) is 5.74. The van der Waals surface area contributed by atoms with Gasteiger partial charge in [0.05, 0.1) is 7.11 Å². The Morgan fingerprint density at radius 1 is 1.03 bits per heavy atom. The highest BCUT2D eigenvalue weighted by Crippen LogP contribution is 2.27. The molecule has 6 nitrogen and oxygen atoms in total. The highest BCUT2D eigenvalue weighted by atomic mass is 35.5. The molecule has 0 saturated heterocycles. The average molecular weight is 481 g/mol. The van der Waals surface area contributed by atoms with Crippen molar-refractivity contribution in [3.8, 4) is 11.5 Å². The van der Waals surface area contributed by atoms with Gasteiger partial charge in [0.25, 0.3) is 5.91 Å². The standard InChI is InChI=1S/C24H30Cl2N2O4/c1-4-6-14-27-24(30)22(5-2)28(15-19-20(25)8-7-9-21(19)26)23(29)16-32-18-12-10-17(31-3)11-13-18/h7-13,22H,4-6,14-16H2,1-3H3,(H,27,30)/t22-/m0/s1. The Labute approximate surface area is 199 Å². The van der Waals surface area contributed by atoms with Crippen molar-refractivity contribution in [2.24, 2.45) is 0 Å². The van der Waals surface area contributed by atoms with E-state index in [0.29, 0.717) is 40.1 Å². The summed E-state index contributed by atoms with van der Waals surface area (Å²) < 4.78 is 10.8. The predicted octanol–water partition coefficient (Wildman–Crippen LogP) is 5.10. The number of nitrogens with one attached hydrogen (secondary N) is 1. The summed E-state index contributed by atoms with van der Waals surface area (Å²) in [7, 11) is 1.58. The lowest BCUT2D eigenvalue weighted by Crippen LogP contribution is -2.50. The van der Waals surface area contributed by atoms with E-state index in [0.717, 1.165) is 12.8 Å². The van der Waals surface area contributed by atoms with Gasteiger partial charge in [-0.25, -0.2) is 0 Å². The van der Waals surface area contributed by atoms with Gasteiger partial charge < -0.3 is 19.7 Å². The molecule has 0 aromatic heterocycles. The normalized spacial score (nSPS) is 11.5. The van der Waals surface area contributed by atoms with Gasteiger partial charge in [-0.15, -0.1) is 0 Å². The number of nitrogens with zero attached hydrogens (tertiary/aromatic N) is 1. The molecule has 0 aliphatic rings. The molecule has 0 unspecified atom stereocenters. The summed E-state index contributed by atoms with van der Waals surface area (Å²) in [6.45, 7) is 4.34. The maximum Gasteiger partial charge on any atom is 0.261 e. The van der Waals surface area contributed by atoms with Crippen LogP contribution in [0.1, 0.15) is 38.7 Å². The lowest BCUT2D eigenvalue weighted by molar-refractivity contribution is -0.143. The number of rotatable bonds is 12. The van der Waals surface area contributed by atoms with Gasteiger partial charge in [-0.1, -0.05) is 49.5 Å². The van der Waals surface area contributed by atoms with Gasteiger partial charge >= 0.3 is 0 Å². The second kappa shape index (κ2) is 13.2. The third kappa shape index (κ3) is 7.31. The zero-order valence-corrected chi connectivity index (χ0v) is 20.2. The van der Waals surface area contributed by atoms with Crippen LogP contribution in [-0.4, -0.2) is 43.0 Å². The summed E-state index contributed by atoms with van der Waals surface area (Å²) in [5.41, 5.74) is 0.591. The maximum atomic E-state index is 13.2. The highest BCUT2D eigenvalue weighted by Gasteiger charge is 2.29. The molecule has 0 aliphatic heterocycles. The number of hydrogen-bond acceptors (Lipinski definition) is 4. The molecule has 2 aromatic rings. The molecule has 0 bridgehead atoms. The number of amides is 2. The zero-order chi connectivity index (χ0) is 23.5. The number of hydrogen-bond donors (Lipinski definition) is 1. The first-order valence-electron chi connectivity index (χ1n) is 10.7. The van der Waals surface area contributed by atoms with E-state index < -0.39 is 6.04 Å². The van der Waals surface area contributed by atoms with Crippen LogP contribution in [0.5, 0.6) is 11.5 Å². The Morgan fingerprint density at radius 2 is 1.66 bits per heavy atom. The van der Waals surface area contributed by atoms with Crippen LogP contribution in [0.3, 0.4) is 0 Å². The van der Waals surface area contributed by atoms with Crippen LogP contribution in [0.15, 0.2) is 42.5 Å². The van der Waals surface area contributed by atoms with E-state index in [4.69, 9.17) is 32.7 Å². The summed E-state index contributed by atoms with van der Waals surface area (Å²) in [5.74, 6) is 0.667. The van der Waals surface area contributed by atoms with Crippen LogP contribution in [-0.2, 0) is 16.1 Å². The second-order valence-electron chi connectivity index (χ2n) is 7.25. The zero-order valence-electron chi connectivity index (χ0n) is 18.7. The Bertz CT molecular complexity index is 870. The number of unbranched alkanes of at least 4 members (excludes halogenated alkanes) is 1. The van der Waals surface area contributed by atoms with Gasteiger partial charge in [0.15, 0.2) is 6.61 Å². The van der Waals surface area contributed by atoms with E-state index in [-0.39, 0.29) is 25.0 Å². The first-order chi connectivity index (χ1) is 15.4. The van der Waals surface area contributed by atoms with Gasteiger partial charge in [0.1, 0.15) is 17.5 Å². The van der Waals surface area contributed by atoms with Crippen molar-refractivity contribution in [2.75, 3.05) is 20.3 Å².